The van der Waals surface area contributed by atoms with E-state index in [0.717, 1.165) is 12.8 Å². The highest BCUT2D eigenvalue weighted by atomic mass is 16.3. The van der Waals surface area contributed by atoms with Crippen molar-refractivity contribution in [3.05, 3.63) is 0 Å². The second-order valence-corrected chi connectivity index (χ2v) is 3.07. The molecule has 0 aliphatic carbocycles. The Morgan fingerprint density at radius 2 is 1.91 bits per heavy atom. The highest BCUT2D eigenvalue weighted by Crippen LogP contribution is 2.05. The molecule has 0 aromatic rings. The number of aliphatic hydroxyl groups excluding tert-OH is 2. The van der Waals surface area contributed by atoms with Gasteiger partial charge in [0, 0.05) is 0 Å². The van der Waals surface area contributed by atoms with E-state index in [2.05, 4.69) is 0 Å². The van der Waals surface area contributed by atoms with Gasteiger partial charge in [0.2, 0.25) is 0 Å². The van der Waals surface area contributed by atoms with Gasteiger partial charge < -0.3 is 15.1 Å². The van der Waals surface area contributed by atoms with Gasteiger partial charge in [-0.05, 0) is 20.5 Å². The molecule has 0 rings (SSSR count). The van der Waals surface area contributed by atoms with Crippen LogP contribution in [0.5, 0.6) is 0 Å². The van der Waals surface area contributed by atoms with Crippen molar-refractivity contribution >= 4 is 0 Å². The van der Waals surface area contributed by atoms with Crippen LogP contribution in [0.3, 0.4) is 0 Å². The molecule has 0 aliphatic heterocycles. The van der Waals surface area contributed by atoms with Crippen LogP contribution >= 0.6 is 0 Å². The molecule has 11 heavy (non-hydrogen) atoms. The van der Waals surface area contributed by atoms with Crippen molar-refractivity contribution < 1.29 is 10.2 Å². The minimum Gasteiger partial charge on any atom is -0.395 e. The molecule has 0 heterocycles. The average molecular weight is 161 g/mol. The zero-order chi connectivity index (χ0) is 8.85. The van der Waals surface area contributed by atoms with Crippen LogP contribution in [0.25, 0.3) is 0 Å². The molecule has 2 N–H and O–H groups in total. The van der Waals surface area contributed by atoms with Gasteiger partial charge in [-0.2, -0.15) is 0 Å². The molecule has 3 heteroatoms. The van der Waals surface area contributed by atoms with E-state index in [0.29, 0.717) is 0 Å². The SMILES string of the molecule is CCCC(O)C(CO)N(C)C. The Hall–Kier alpha value is -0.120. The van der Waals surface area contributed by atoms with Gasteiger partial charge in [0.1, 0.15) is 0 Å². The second kappa shape index (κ2) is 5.52. The zero-order valence-corrected chi connectivity index (χ0v) is 7.62. The van der Waals surface area contributed by atoms with E-state index in [1.54, 1.807) is 0 Å². The molecule has 0 amide bonds. The van der Waals surface area contributed by atoms with Gasteiger partial charge in [-0.1, -0.05) is 13.3 Å². The standard InChI is InChI=1S/C8H19NO2/c1-4-5-8(11)7(6-10)9(2)3/h7-8,10-11H,4-6H2,1-3H3. The lowest BCUT2D eigenvalue weighted by atomic mass is 10.1. The summed E-state index contributed by atoms with van der Waals surface area (Å²) in [6, 6.07) is -0.116. The molecule has 0 aliphatic rings. The summed E-state index contributed by atoms with van der Waals surface area (Å²) in [4.78, 5) is 1.85. The molecule has 68 valence electrons. The van der Waals surface area contributed by atoms with Crippen molar-refractivity contribution in [1.82, 2.24) is 4.90 Å². The number of likely N-dealkylation sites (N-methyl/N-ethyl adjacent to an activating group) is 1. The summed E-state index contributed by atoms with van der Waals surface area (Å²) < 4.78 is 0. The van der Waals surface area contributed by atoms with Gasteiger partial charge in [0.05, 0.1) is 18.8 Å². The summed E-state index contributed by atoms with van der Waals surface area (Å²) in [7, 11) is 3.72. The van der Waals surface area contributed by atoms with Gasteiger partial charge in [0.15, 0.2) is 0 Å². The molecule has 0 spiro atoms. The highest BCUT2D eigenvalue weighted by Gasteiger charge is 2.18. The second-order valence-electron chi connectivity index (χ2n) is 3.07. The lowest BCUT2D eigenvalue weighted by molar-refractivity contribution is 0.0344. The van der Waals surface area contributed by atoms with Gasteiger partial charge in [0.25, 0.3) is 0 Å². The van der Waals surface area contributed by atoms with Crippen LogP contribution in [0, 0.1) is 0 Å². The molecule has 0 radical (unpaired) electrons. The van der Waals surface area contributed by atoms with Crippen molar-refractivity contribution in [3.63, 3.8) is 0 Å². The van der Waals surface area contributed by atoms with Crippen molar-refractivity contribution in [2.75, 3.05) is 20.7 Å². The van der Waals surface area contributed by atoms with Crippen molar-refractivity contribution in [3.8, 4) is 0 Å². The first-order valence-electron chi connectivity index (χ1n) is 4.08. The van der Waals surface area contributed by atoms with Crippen LogP contribution in [0.15, 0.2) is 0 Å². The lowest BCUT2D eigenvalue weighted by Gasteiger charge is -2.26. The third kappa shape index (κ3) is 3.70. The third-order valence-electron chi connectivity index (χ3n) is 1.88. The quantitative estimate of drug-likeness (QED) is 0.599. The summed E-state index contributed by atoms with van der Waals surface area (Å²) in [5.74, 6) is 0. The zero-order valence-electron chi connectivity index (χ0n) is 7.62. The Balaban J connectivity index is 3.81. The first kappa shape index (κ1) is 10.9. The van der Waals surface area contributed by atoms with Crippen LogP contribution in [0.1, 0.15) is 19.8 Å². The molecule has 3 nitrogen and oxygen atoms in total. The predicted octanol–water partition coefficient (Wildman–Crippen LogP) is 0.0699. The number of hydrogen-bond acceptors (Lipinski definition) is 3. The molecular formula is C8H19NO2. The van der Waals surface area contributed by atoms with Gasteiger partial charge in [-0.25, -0.2) is 0 Å². The number of rotatable bonds is 5. The molecule has 0 fully saturated rings. The van der Waals surface area contributed by atoms with E-state index < -0.39 is 6.10 Å². The minimum absolute atomic E-state index is 0.0220. The fourth-order valence-corrected chi connectivity index (χ4v) is 1.12. The maximum Gasteiger partial charge on any atom is 0.0717 e. The lowest BCUT2D eigenvalue weighted by Crippen LogP contribution is -2.41. The van der Waals surface area contributed by atoms with E-state index in [9.17, 15) is 5.11 Å². The summed E-state index contributed by atoms with van der Waals surface area (Å²) in [6.45, 7) is 2.04. The maximum atomic E-state index is 9.48. The molecule has 0 saturated heterocycles. The summed E-state index contributed by atoms with van der Waals surface area (Å²) >= 11 is 0. The normalized spacial score (nSPS) is 16.9. The van der Waals surface area contributed by atoms with Crippen LogP contribution in [-0.2, 0) is 0 Å². The molecule has 0 aromatic heterocycles. The third-order valence-corrected chi connectivity index (χ3v) is 1.88. The van der Waals surface area contributed by atoms with E-state index in [-0.39, 0.29) is 12.6 Å². The maximum absolute atomic E-state index is 9.48. The van der Waals surface area contributed by atoms with E-state index >= 15 is 0 Å². The number of nitrogens with zero attached hydrogens (tertiary/aromatic N) is 1. The smallest absolute Gasteiger partial charge is 0.0717 e. The Labute approximate surface area is 68.6 Å². The summed E-state index contributed by atoms with van der Waals surface area (Å²) in [5, 5.41) is 18.4. The molecule has 2 atom stereocenters. The van der Waals surface area contributed by atoms with Crippen molar-refractivity contribution in [1.29, 1.82) is 0 Å². The Morgan fingerprint density at radius 1 is 1.36 bits per heavy atom. The van der Waals surface area contributed by atoms with E-state index in [1.165, 1.54) is 0 Å². The van der Waals surface area contributed by atoms with Crippen LogP contribution in [-0.4, -0.2) is 48.0 Å². The van der Waals surface area contributed by atoms with Crippen molar-refractivity contribution in [2.45, 2.75) is 31.9 Å². The van der Waals surface area contributed by atoms with E-state index in [1.807, 2.05) is 25.9 Å². The molecule has 0 aromatic carbocycles. The predicted molar refractivity (Wildman–Crippen MR) is 45.5 cm³/mol. The average Bonchev–Trinajstić information content (AvgIpc) is 1.88. The van der Waals surface area contributed by atoms with Gasteiger partial charge >= 0.3 is 0 Å². The van der Waals surface area contributed by atoms with E-state index in [4.69, 9.17) is 5.11 Å². The van der Waals surface area contributed by atoms with Crippen LogP contribution in [0.2, 0.25) is 0 Å². The number of aliphatic hydroxyl groups is 2. The van der Waals surface area contributed by atoms with Gasteiger partial charge in [-0.15, -0.1) is 0 Å². The summed E-state index contributed by atoms with van der Waals surface area (Å²) in [5.41, 5.74) is 0. The van der Waals surface area contributed by atoms with Crippen molar-refractivity contribution in [2.24, 2.45) is 0 Å². The molecule has 0 bridgehead atoms. The Morgan fingerprint density at radius 3 is 2.18 bits per heavy atom. The molecule has 2 unspecified atom stereocenters. The monoisotopic (exact) mass is 161 g/mol. The fourth-order valence-electron chi connectivity index (χ4n) is 1.12. The van der Waals surface area contributed by atoms with Crippen LogP contribution in [0.4, 0.5) is 0 Å². The topological polar surface area (TPSA) is 43.7 Å². The first-order valence-corrected chi connectivity index (χ1v) is 4.08. The Bertz CT molecular complexity index is 96.1. The fraction of sp³-hybridized carbons (Fsp3) is 1.00. The molecular weight excluding hydrogens is 142 g/mol. The largest absolute Gasteiger partial charge is 0.395 e. The van der Waals surface area contributed by atoms with Crippen LogP contribution < -0.4 is 0 Å². The Kier molecular flexibility index (Phi) is 5.46. The highest BCUT2D eigenvalue weighted by molar-refractivity contribution is 4.73. The minimum atomic E-state index is -0.403. The van der Waals surface area contributed by atoms with Gasteiger partial charge in [-0.3, -0.25) is 0 Å². The molecule has 0 saturated carbocycles. The number of hydrogen-bond donors (Lipinski definition) is 2. The first-order chi connectivity index (χ1) is 5.13. The summed E-state index contributed by atoms with van der Waals surface area (Å²) in [6.07, 6.45) is 1.30.